The van der Waals surface area contributed by atoms with E-state index in [1.165, 1.54) is 11.1 Å². The minimum Gasteiger partial charge on any atom is -0.367 e. The van der Waals surface area contributed by atoms with Gasteiger partial charge in [0, 0.05) is 32.0 Å². The lowest BCUT2D eigenvalue weighted by molar-refractivity contribution is -0.141. The molecule has 0 bridgehead atoms. The summed E-state index contributed by atoms with van der Waals surface area (Å²) in [5, 5.41) is 17.9. The van der Waals surface area contributed by atoms with Crippen molar-refractivity contribution < 1.29 is 18.0 Å². The lowest BCUT2D eigenvalue weighted by Crippen LogP contribution is -2.42. The second kappa shape index (κ2) is 9.13. The van der Waals surface area contributed by atoms with Crippen LogP contribution in [0.3, 0.4) is 0 Å². The summed E-state index contributed by atoms with van der Waals surface area (Å²) in [6.07, 6.45) is -3.37. The molecule has 0 unspecified atom stereocenters. The quantitative estimate of drug-likeness (QED) is 0.562. The van der Waals surface area contributed by atoms with E-state index in [9.17, 15) is 18.0 Å². The van der Waals surface area contributed by atoms with E-state index in [1.807, 2.05) is 51.1 Å². The largest absolute Gasteiger partial charge is 0.433 e. The third-order valence-corrected chi connectivity index (χ3v) is 4.87. The molecule has 3 rings (SSSR count). The van der Waals surface area contributed by atoms with Crippen LogP contribution >= 0.6 is 0 Å². The van der Waals surface area contributed by atoms with Crippen LogP contribution in [0.5, 0.6) is 0 Å². The van der Waals surface area contributed by atoms with Gasteiger partial charge in [-0.25, -0.2) is 0 Å². The van der Waals surface area contributed by atoms with Gasteiger partial charge < -0.3 is 10.6 Å². The Hall–Kier alpha value is -3.56. The molecule has 0 spiro atoms. The summed E-state index contributed by atoms with van der Waals surface area (Å²) in [5.74, 6) is -0.0333. The van der Waals surface area contributed by atoms with Gasteiger partial charge in [-0.3, -0.25) is 25.2 Å². The van der Waals surface area contributed by atoms with Crippen LogP contribution in [0.4, 0.5) is 18.9 Å². The van der Waals surface area contributed by atoms with E-state index in [1.54, 1.807) is 12.1 Å². The topological polar surface area (TPSA) is 84.4 Å². The van der Waals surface area contributed by atoms with E-state index < -0.39 is 11.9 Å². The Bertz CT molecular complexity index is 1040. The molecule has 1 aliphatic rings. The maximum Gasteiger partial charge on any atom is 0.433 e. The number of alkyl halides is 3. The number of nitrogens with zero attached hydrogens (tertiary/aromatic N) is 3. The fourth-order valence-corrected chi connectivity index (χ4v) is 3.26. The van der Waals surface area contributed by atoms with E-state index in [2.05, 4.69) is 15.6 Å². The zero-order valence-electron chi connectivity index (χ0n) is 18.9. The molecular formula is C23H27F3N6O. The lowest BCUT2D eigenvalue weighted by Gasteiger charge is -2.31. The monoisotopic (exact) mass is 460 g/mol. The number of para-hydroxylation sites is 1. The van der Waals surface area contributed by atoms with Gasteiger partial charge >= 0.3 is 6.18 Å². The van der Waals surface area contributed by atoms with Crippen molar-refractivity contribution in [2.24, 2.45) is 5.41 Å². The van der Waals surface area contributed by atoms with Crippen molar-refractivity contribution in [1.82, 2.24) is 20.3 Å². The molecule has 0 aliphatic carbocycles. The van der Waals surface area contributed by atoms with Crippen LogP contribution in [0.2, 0.25) is 0 Å². The molecule has 10 heteroatoms. The van der Waals surface area contributed by atoms with Gasteiger partial charge in [-0.05, 0) is 29.2 Å². The van der Waals surface area contributed by atoms with E-state index in [0.29, 0.717) is 23.6 Å². The summed E-state index contributed by atoms with van der Waals surface area (Å²) in [5.41, 5.74) is 0.191. The average molecular weight is 461 g/mol. The molecule has 1 aromatic heterocycles. The first-order valence-corrected chi connectivity index (χ1v) is 10.3. The van der Waals surface area contributed by atoms with Crippen LogP contribution in [0.15, 0.2) is 60.1 Å². The highest BCUT2D eigenvalue weighted by Crippen LogP contribution is 2.28. The van der Waals surface area contributed by atoms with Crippen LogP contribution in [-0.2, 0) is 17.5 Å². The molecule has 0 saturated carbocycles. The Kier molecular flexibility index (Phi) is 6.66. The van der Waals surface area contributed by atoms with Gasteiger partial charge in [0.15, 0.2) is 5.84 Å². The number of anilines is 1. The molecule has 0 atom stereocenters. The fraction of sp³-hybridized carbons (Fsp3) is 0.348. The third-order valence-electron chi connectivity index (χ3n) is 4.87. The van der Waals surface area contributed by atoms with Crippen molar-refractivity contribution in [3.8, 4) is 0 Å². The highest BCUT2D eigenvalue weighted by molar-refractivity contribution is 6.24. The number of likely N-dealkylation sites (N-methyl/N-ethyl adjacent to an activating group) is 1. The van der Waals surface area contributed by atoms with Gasteiger partial charge in [0.1, 0.15) is 17.1 Å². The molecule has 176 valence electrons. The van der Waals surface area contributed by atoms with Crippen molar-refractivity contribution in [3.05, 3.63) is 71.3 Å². The maximum absolute atomic E-state index is 13.1. The Morgan fingerprint density at radius 3 is 2.30 bits per heavy atom. The number of amidine groups is 1. The summed E-state index contributed by atoms with van der Waals surface area (Å²) in [7, 11) is 1.61. The molecule has 33 heavy (non-hydrogen) atoms. The Morgan fingerprint density at radius 2 is 1.76 bits per heavy atom. The minimum atomic E-state index is -4.51. The van der Waals surface area contributed by atoms with Crippen molar-refractivity contribution in [2.45, 2.75) is 33.5 Å². The number of nitrogens with one attached hydrogen (secondary N) is 3. The van der Waals surface area contributed by atoms with Gasteiger partial charge in [-0.1, -0.05) is 45.0 Å². The van der Waals surface area contributed by atoms with Crippen LogP contribution in [0.25, 0.3) is 0 Å². The molecule has 1 fully saturated rings. The Labute approximate surface area is 190 Å². The number of amides is 1. The Morgan fingerprint density at radius 1 is 1.09 bits per heavy atom. The van der Waals surface area contributed by atoms with Gasteiger partial charge in [0.2, 0.25) is 0 Å². The van der Waals surface area contributed by atoms with Crippen molar-refractivity contribution >= 4 is 17.4 Å². The first-order valence-electron chi connectivity index (χ1n) is 10.3. The normalized spacial score (nSPS) is 16.3. The van der Waals surface area contributed by atoms with Gasteiger partial charge in [0.05, 0.1) is 0 Å². The maximum atomic E-state index is 13.1. The number of carbonyl (C=O) groups excluding carboxylic acids is 1. The molecule has 0 radical (unpaired) electrons. The highest BCUT2D eigenvalue weighted by atomic mass is 19.4. The van der Waals surface area contributed by atoms with Gasteiger partial charge in [-0.2, -0.15) is 13.2 Å². The summed E-state index contributed by atoms with van der Waals surface area (Å²) in [4.78, 5) is 16.6. The van der Waals surface area contributed by atoms with Gasteiger partial charge in [0.25, 0.3) is 5.91 Å². The van der Waals surface area contributed by atoms with E-state index >= 15 is 0 Å². The minimum absolute atomic E-state index is 0.0360. The van der Waals surface area contributed by atoms with E-state index in [-0.39, 0.29) is 29.3 Å². The second-order valence-corrected chi connectivity index (χ2v) is 8.94. The number of benzene rings is 1. The number of rotatable bonds is 6. The predicted molar refractivity (Wildman–Crippen MR) is 120 cm³/mol. The number of pyridine rings is 1. The number of hydrogen-bond donors (Lipinski definition) is 3. The summed E-state index contributed by atoms with van der Waals surface area (Å²) in [6.45, 7) is 6.60. The molecular weight excluding hydrogens is 433 g/mol. The summed E-state index contributed by atoms with van der Waals surface area (Å²) in [6, 6.07) is 11.3. The van der Waals surface area contributed by atoms with Crippen molar-refractivity contribution in [3.63, 3.8) is 0 Å². The molecule has 1 aromatic carbocycles. The zero-order valence-corrected chi connectivity index (χ0v) is 18.9. The second-order valence-electron chi connectivity index (χ2n) is 8.94. The molecule has 2 aromatic rings. The molecule has 2 heterocycles. The molecule has 1 saturated heterocycles. The predicted octanol–water partition coefficient (Wildman–Crippen LogP) is 4.23. The van der Waals surface area contributed by atoms with Crippen LogP contribution < -0.4 is 10.6 Å². The fourth-order valence-electron chi connectivity index (χ4n) is 3.26. The third kappa shape index (κ3) is 5.82. The smallest absolute Gasteiger partial charge is 0.367 e. The average Bonchev–Trinajstić information content (AvgIpc) is 2.94. The lowest BCUT2D eigenvalue weighted by atomic mass is 9.96. The first-order chi connectivity index (χ1) is 15.4. The molecule has 3 N–H and O–H groups in total. The van der Waals surface area contributed by atoms with Gasteiger partial charge in [-0.15, -0.1) is 0 Å². The number of aromatic nitrogens is 1. The first kappa shape index (κ1) is 24.1. The van der Waals surface area contributed by atoms with E-state index in [0.717, 1.165) is 12.3 Å². The van der Waals surface area contributed by atoms with E-state index in [4.69, 9.17) is 5.41 Å². The highest BCUT2D eigenvalue weighted by Gasteiger charge is 2.40. The van der Waals surface area contributed by atoms with Crippen molar-refractivity contribution in [1.29, 1.82) is 5.41 Å². The van der Waals surface area contributed by atoms with Crippen LogP contribution in [0, 0.1) is 10.8 Å². The Balaban J connectivity index is 1.91. The molecule has 7 nitrogen and oxygen atoms in total. The number of halogens is 3. The summed E-state index contributed by atoms with van der Waals surface area (Å²) < 4.78 is 38.4. The number of hydrogen-bond acceptors (Lipinski definition) is 5. The number of carbonyl (C=O) groups is 1. The molecule has 1 aliphatic heterocycles. The zero-order chi connectivity index (χ0) is 24.4. The molecule has 1 amide bonds. The van der Waals surface area contributed by atoms with Crippen LogP contribution in [0.1, 0.15) is 32.0 Å². The van der Waals surface area contributed by atoms with Crippen molar-refractivity contribution in [2.75, 3.05) is 18.9 Å². The number of hydrazine groups is 1. The summed E-state index contributed by atoms with van der Waals surface area (Å²) >= 11 is 0. The van der Waals surface area contributed by atoms with Crippen LogP contribution in [-0.4, -0.2) is 40.3 Å². The standard InChI is InChI=1S/C23H27F3N6O/c1-22(2,3)14-32-19(27)18(21(33)31(32)4)20(30-16-8-6-5-7-9-16)29-13-15-10-11-17(28-12-15)23(24,25)26/h5-12,27,29-30H,13-14H2,1-4H3/b20-18-,27-19?. The SMILES string of the molecule is CN1C(=O)/C(=C(/NCc2ccc(C(F)(F)F)nc2)Nc2ccccc2)C(=N)N1CC(C)(C)C.